The Morgan fingerprint density at radius 3 is 2.70 bits per heavy atom. The zero-order chi connectivity index (χ0) is 14.6. The highest BCUT2D eigenvalue weighted by molar-refractivity contribution is 5.09. The van der Waals surface area contributed by atoms with Gasteiger partial charge in [-0.1, -0.05) is 13.8 Å². The van der Waals surface area contributed by atoms with Gasteiger partial charge in [-0.3, -0.25) is 4.68 Å². The molecule has 20 heavy (non-hydrogen) atoms. The Morgan fingerprint density at radius 2 is 2.10 bits per heavy atom. The van der Waals surface area contributed by atoms with Gasteiger partial charge in [0.2, 0.25) is 5.92 Å². The third-order valence-corrected chi connectivity index (χ3v) is 4.16. The molecule has 1 aliphatic rings. The number of nitrogens with zero attached hydrogens (tertiary/aromatic N) is 2. The van der Waals surface area contributed by atoms with Gasteiger partial charge in [0.1, 0.15) is 0 Å². The first kappa shape index (κ1) is 15.4. The quantitative estimate of drug-likeness (QED) is 0.862. The number of hydrogen-bond acceptors (Lipinski definition) is 2. The van der Waals surface area contributed by atoms with Gasteiger partial charge < -0.3 is 5.32 Å². The molecular weight excluding hydrogens is 260 g/mol. The molecule has 0 saturated heterocycles. The second kappa shape index (κ2) is 6.66. The van der Waals surface area contributed by atoms with Crippen LogP contribution in [0.2, 0.25) is 0 Å². The van der Waals surface area contributed by atoms with E-state index >= 15 is 0 Å². The van der Waals surface area contributed by atoms with Gasteiger partial charge in [-0.2, -0.15) is 5.10 Å². The average Bonchev–Trinajstić information content (AvgIpc) is 2.85. The van der Waals surface area contributed by atoms with Crippen molar-refractivity contribution in [1.82, 2.24) is 15.1 Å². The third kappa shape index (κ3) is 3.57. The summed E-state index contributed by atoms with van der Waals surface area (Å²) in [7, 11) is 0. The summed E-state index contributed by atoms with van der Waals surface area (Å²) < 4.78 is 28.7. The molecule has 0 amide bonds. The van der Waals surface area contributed by atoms with Gasteiger partial charge in [0.15, 0.2) is 0 Å². The number of aromatic nitrogens is 2. The van der Waals surface area contributed by atoms with Gasteiger partial charge in [-0.05, 0) is 37.8 Å². The number of hydrogen-bond donors (Lipinski definition) is 1. The van der Waals surface area contributed by atoms with Crippen molar-refractivity contribution in [3.8, 4) is 0 Å². The Bertz CT molecular complexity index is 407. The number of alkyl halides is 2. The van der Waals surface area contributed by atoms with Crippen LogP contribution in [0.25, 0.3) is 0 Å². The van der Waals surface area contributed by atoms with E-state index in [-0.39, 0.29) is 24.8 Å². The molecule has 1 aromatic rings. The molecule has 0 bridgehead atoms. The Kier molecular flexibility index (Phi) is 5.13. The van der Waals surface area contributed by atoms with Crippen LogP contribution in [-0.2, 0) is 6.54 Å². The summed E-state index contributed by atoms with van der Waals surface area (Å²) in [6.45, 7) is 5.90. The molecule has 0 aliphatic heterocycles. The van der Waals surface area contributed by atoms with Gasteiger partial charge in [-0.15, -0.1) is 0 Å². The monoisotopic (exact) mass is 285 g/mol. The van der Waals surface area contributed by atoms with E-state index in [0.717, 1.165) is 25.2 Å². The Balaban J connectivity index is 2.12. The van der Waals surface area contributed by atoms with Crippen molar-refractivity contribution >= 4 is 0 Å². The molecular formula is C15H25F2N3. The molecule has 0 aromatic carbocycles. The fourth-order valence-corrected chi connectivity index (χ4v) is 3.13. The van der Waals surface area contributed by atoms with E-state index in [4.69, 9.17) is 0 Å². The lowest BCUT2D eigenvalue weighted by molar-refractivity contribution is -0.0500. The van der Waals surface area contributed by atoms with E-state index < -0.39 is 5.92 Å². The molecule has 2 rings (SSSR count). The van der Waals surface area contributed by atoms with E-state index in [1.165, 1.54) is 0 Å². The largest absolute Gasteiger partial charge is 0.309 e. The zero-order valence-electron chi connectivity index (χ0n) is 12.4. The predicted octanol–water partition coefficient (Wildman–Crippen LogP) is 3.77. The van der Waals surface area contributed by atoms with E-state index in [9.17, 15) is 8.78 Å². The predicted molar refractivity (Wildman–Crippen MR) is 75.8 cm³/mol. The van der Waals surface area contributed by atoms with Crippen molar-refractivity contribution in [3.05, 3.63) is 18.0 Å². The van der Waals surface area contributed by atoms with Gasteiger partial charge in [0.25, 0.3) is 0 Å². The lowest BCUT2D eigenvalue weighted by atomic mass is 9.81. The summed E-state index contributed by atoms with van der Waals surface area (Å²) in [5.41, 5.74) is 1.14. The molecule has 1 atom stereocenters. The molecule has 5 heteroatoms. The minimum Gasteiger partial charge on any atom is -0.309 e. The van der Waals surface area contributed by atoms with Crippen LogP contribution in [0.3, 0.4) is 0 Å². The maximum absolute atomic E-state index is 13.3. The molecule has 114 valence electrons. The Morgan fingerprint density at radius 1 is 1.40 bits per heavy atom. The molecule has 1 fully saturated rings. The molecule has 3 nitrogen and oxygen atoms in total. The van der Waals surface area contributed by atoms with Gasteiger partial charge in [-0.25, -0.2) is 8.78 Å². The van der Waals surface area contributed by atoms with Crippen LogP contribution < -0.4 is 5.32 Å². The van der Waals surface area contributed by atoms with Crippen molar-refractivity contribution < 1.29 is 8.78 Å². The van der Waals surface area contributed by atoms with Gasteiger partial charge >= 0.3 is 0 Å². The second-order valence-corrected chi connectivity index (χ2v) is 5.71. The van der Waals surface area contributed by atoms with Crippen LogP contribution >= 0.6 is 0 Å². The molecule has 1 unspecified atom stereocenters. The molecule has 1 saturated carbocycles. The summed E-state index contributed by atoms with van der Waals surface area (Å²) in [4.78, 5) is 0. The normalized spacial score (nSPS) is 21.0. The average molecular weight is 285 g/mol. The first-order valence-corrected chi connectivity index (χ1v) is 7.70. The SMILES string of the molecule is CCCn1nccc1C(NCC)C1CCC(F)(F)CC1. The second-order valence-electron chi connectivity index (χ2n) is 5.71. The van der Waals surface area contributed by atoms with E-state index in [1.54, 1.807) is 0 Å². The minimum atomic E-state index is -2.46. The Labute approximate surface area is 119 Å². The smallest absolute Gasteiger partial charge is 0.248 e. The molecule has 1 aromatic heterocycles. The molecule has 0 radical (unpaired) electrons. The van der Waals surface area contributed by atoms with Crippen LogP contribution in [0.1, 0.15) is 57.7 Å². The number of halogens is 2. The maximum atomic E-state index is 13.3. The summed E-state index contributed by atoms with van der Waals surface area (Å²) in [6, 6.07) is 2.17. The Hall–Kier alpha value is -0.970. The first-order valence-electron chi connectivity index (χ1n) is 7.70. The fraction of sp³-hybridized carbons (Fsp3) is 0.800. The van der Waals surface area contributed by atoms with E-state index in [2.05, 4.69) is 24.3 Å². The van der Waals surface area contributed by atoms with Crippen molar-refractivity contribution in [2.45, 2.75) is 64.5 Å². The number of aryl methyl sites for hydroxylation is 1. The lowest BCUT2D eigenvalue weighted by Crippen LogP contribution is -2.35. The van der Waals surface area contributed by atoms with Crippen molar-refractivity contribution in [2.75, 3.05) is 6.54 Å². The van der Waals surface area contributed by atoms with Gasteiger partial charge in [0, 0.05) is 25.6 Å². The van der Waals surface area contributed by atoms with Crippen LogP contribution in [0.4, 0.5) is 8.78 Å². The highest BCUT2D eigenvalue weighted by Gasteiger charge is 2.38. The maximum Gasteiger partial charge on any atom is 0.248 e. The van der Waals surface area contributed by atoms with Crippen LogP contribution in [0.15, 0.2) is 12.3 Å². The van der Waals surface area contributed by atoms with Crippen molar-refractivity contribution in [1.29, 1.82) is 0 Å². The summed E-state index contributed by atoms with van der Waals surface area (Å²) >= 11 is 0. The minimum absolute atomic E-state index is 0.0154. The topological polar surface area (TPSA) is 29.9 Å². The molecule has 1 aliphatic carbocycles. The summed E-state index contributed by atoms with van der Waals surface area (Å²) in [5, 5.41) is 7.84. The summed E-state index contributed by atoms with van der Waals surface area (Å²) in [6.07, 6.45) is 4.04. The van der Waals surface area contributed by atoms with Crippen molar-refractivity contribution in [3.63, 3.8) is 0 Å². The molecule has 1 N–H and O–H groups in total. The van der Waals surface area contributed by atoms with E-state index in [1.807, 2.05) is 16.9 Å². The van der Waals surface area contributed by atoms with E-state index in [0.29, 0.717) is 12.8 Å². The highest BCUT2D eigenvalue weighted by atomic mass is 19.3. The highest BCUT2D eigenvalue weighted by Crippen LogP contribution is 2.41. The van der Waals surface area contributed by atoms with Crippen molar-refractivity contribution in [2.24, 2.45) is 5.92 Å². The van der Waals surface area contributed by atoms with Crippen LogP contribution in [0, 0.1) is 5.92 Å². The number of nitrogens with one attached hydrogen (secondary N) is 1. The number of rotatable bonds is 6. The molecule has 0 spiro atoms. The third-order valence-electron chi connectivity index (χ3n) is 4.16. The zero-order valence-corrected chi connectivity index (χ0v) is 12.4. The molecule has 1 heterocycles. The van der Waals surface area contributed by atoms with Crippen LogP contribution in [-0.4, -0.2) is 22.2 Å². The standard InChI is InChI=1S/C15H25F2N3/c1-3-11-20-13(7-10-19-20)14(18-4-2)12-5-8-15(16,17)9-6-12/h7,10,12,14,18H,3-6,8-9,11H2,1-2H3. The summed E-state index contributed by atoms with van der Waals surface area (Å²) in [5.74, 6) is -2.18. The lowest BCUT2D eigenvalue weighted by Gasteiger charge is -2.34. The van der Waals surface area contributed by atoms with Gasteiger partial charge in [0.05, 0.1) is 11.7 Å². The fourth-order valence-electron chi connectivity index (χ4n) is 3.13. The van der Waals surface area contributed by atoms with Crippen LogP contribution in [0.5, 0.6) is 0 Å². The first-order chi connectivity index (χ1) is 9.57.